The second kappa shape index (κ2) is 13.3. The van der Waals surface area contributed by atoms with Crippen LogP contribution in [0.15, 0.2) is 0 Å². The minimum atomic E-state index is -1.11. The summed E-state index contributed by atoms with van der Waals surface area (Å²) in [4.78, 5) is 11.2. The van der Waals surface area contributed by atoms with Gasteiger partial charge in [-0.25, -0.2) is 0 Å². The van der Waals surface area contributed by atoms with Crippen LogP contribution in [0.1, 0.15) is 25.7 Å². The van der Waals surface area contributed by atoms with E-state index in [9.17, 15) is 4.79 Å². The molecular formula is C16H32O10. The molecular weight excluding hydrogens is 352 g/mol. The first kappa shape index (κ1) is 25.1. The summed E-state index contributed by atoms with van der Waals surface area (Å²) in [5.41, 5.74) is -2.20. The number of carbonyl (C=O) groups is 1. The first-order chi connectivity index (χ1) is 12.4. The summed E-state index contributed by atoms with van der Waals surface area (Å²) < 4.78 is 10.4. The minimum absolute atomic E-state index is 0.0472. The van der Waals surface area contributed by atoms with Crippen molar-refractivity contribution in [3.63, 3.8) is 0 Å². The van der Waals surface area contributed by atoms with Crippen molar-refractivity contribution in [3.8, 4) is 0 Å². The quantitative estimate of drug-likeness (QED) is 0.197. The van der Waals surface area contributed by atoms with Crippen LogP contribution in [0.3, 0.4) is 0 Å². The van der Waals surface area contributed by atoms with Crippen LogP contribution < -0.4 is 0 Å². The Balaban J connectivity index is 0.000000590. The molecule has 1 heterocycles. The molecule has 10 nitrogen and oxygen atoms in total. The average Bonchev–Trinajstić information content (AvgIpc) is 2.90. The summed E-state index contributed by atoms with van der Waals surface area (Å²) in [6, 6.07) is 0. The van der Waals surface area contributed by atoms with Crippen LogP contribution in [-0.4, -0.2) is 101 Å². The Bertz CT molecular complexity index is 342. The van der Waals surface area contributed by atoms with Crippen molar-refractivity contribution in [2.45, 2.75) is 32.0 Å². The fourth-order valence-corrected chi connectivity index (χ4v) is 1.82. The van der Waals surface area contributed by atoms with Gasteiger partial charge in [-0.1, -0.05) is 0 Å². The van der Waals surface area contributed by atoms with Crippen LogP contribution in [0.5, 0.6) is 0 Å². The lowest BCUT2D eigenvalue weighted by atomic mass is 9.93. The molecule has 1 saturated heterocycles. The van der Waals surface area contributed by atoms with Crippen molar-refractivity contribution < 1.29 is 50.0 Å². The molecule has 0 aromatic rings. The van der Waals surface area contributed by atoms with E-state index in [2.05, 4.69) is 0 Å². The lowest BCUT2D eigenvalue weighted by molar-refractivity contribution is -0.190. The zero-order chi connectivity index (χ0) is 20.1. The molecule has 156 valence electrons. The van der Waals surface area contributed by atoms with Crippen molar-refractivity contribution in [3.05, 3.63) is 0 Å². The first-order valence-electron chi connectivity index (χ1n) is 8.47. The molecule has 0 amide bonds. The number of esters is 1. The van der Waals surface area contributed by atoms with Gasteiger partial charge in [0.1, 0.15) is 0 Å². The zero-order valence-electron chi connectivity index (χ0n) is 14.9. The molecule has 0 aromatic carbocycles. The van der Waals surface area contributed by atoms with E-state index in [1.54, 1.807) is 0 Å². The third kappa shape index (κ3) is 8.23. The summed E-state index contributed by atoms with van der Waals surface area (Å²) >= 11 is 0. The van der Waals surface area contributed by atoms with E-state index < -0.39 is 43.5 Å². The number of ether oxygens (including phenoxy) is 2. The molecule has 0 aliphatic carbocycles. The van der Waals surface area contributed by atoms with E-state index in [1.807, 2.05) is 0 Å². The summed E-state index contributed by atoms with van der Waals surface area (Å²) in [6.45, 7) is -2.84. The van der Waals surface area contributed by atoms with Crippen LogP contribution in [0, 0.1) is 10.8 Å². The lowest BCUT2D eigenvalue weighted by Crippen LogP contribution is -2.40. The molecule has 1 unspecified atom stereocenters. The molecule has 0 saturated carbocycles. The maximum absolute atomic E-state index is 11.2. The standard InChI is InChI=1S/C11H20O6.C5H12O4/c12-5-11(6-13,7-14)8-16-10-4-2-1-3-9(15)17-10;6-1-5(2-7,3-8)4-9/h10,12-14H,1-8H2;6-9H,1-4H2. The summed E-state index contributed by atoms with van der Waals surface area (Å²) in [6.07, 6.45) is 1.97. The van der Waals surface area contributed by atoms with Crippen molar-refractivity contribution >= 4 is 5.97 Å². The van der Waals surface area contributed by atoms with Crippen molar-refractivity contribution in [2.24, 2.45) is 10.8 Å². The number of aliphatic hydroxyl groups excluding tert-OH is 7. The molecule has 1 aliphatic heterocycles. The monoisotopic (exact) mass is 384 g/mol. The van der Waals surface area contributed by atoms with Gasteiger partial charge in [-0.05, 0) is 12.8 Å². The van der Waals surface area contributed by atoms with Crippen LogP contribution in [0.4, 0.5) is 0 Å². The molecule has 0 bridgehead atoms. The molecule has 0 spiro atoms. The maximum atomic E-state index is 11.2. The van der Waals surface area contributed by atoms with Gasteiger partial charge in [0.15, 0.2) is 0 Å². The van der Waals surface area contributed by atoms with Crippen molar-refractivity contribution in [1.29, 1.82) is 0 Å². The van der Waals surface area contributed by atoms with Gasteiger partial charge in [-0.2, -0.15) is 0 Å². The average molecular weight is 384 g/mol. The highest BCUT2D eigenvalue weighted by atomic mass is 16.7. The predicted molar refractivity (Wildman–Crippen MR) is 88.8 cm³/mol. The van der Waals surface area contributed by atoms with Crippen LogP contribution in [-0.2, 0) is 14.3 Å². The number of carbonyl (C=O) groups excluding carboxylic acids is 1. The summed E-state index contributed by atoms with van der Waals surface area (Å²) in [5, 5.41) is 61.3. The molecule has 0 aromatic heterocycles. The third-order valence-corrected chi connectivity index (χ3v) is 4.26. The zero-order valence-corrected chi connectivity index (χ0v) is 14.9. The van der Waals surface area contributed by atoms with Gasteiger partial charge >= 0.3 is 5.97 Å². The Labute approximate surface area is 152 Å². The molecule has 10 heteroatoms. The van der Waals surface area contributed by atoms with Gasteiger partial charge in [-0.3, -0.25) is 4.79 Å². The van der Waals surface area contributed by atoms with Gasteiger partial charge in [-0.15, -0.1) is 0 Å². The van der Waals surface area contributed by atoms with Crippen molar-refractivity contribution in [2.75, 3.05) is 52.9 Å². The highest BCUT2D eigenvalue weighted by Crippen LogP contribution is 2.20. The Kier molecular flexibility index (Phi) is 12.9. The van der Waals surface area contributed by atoms with Gasteiger partial charge in [0, 0.05) is 12.8 Å². The molecule has 1 atom stereocenters. The van der Waals surface area contributed by atoms with Crippen LogP contribution in [0.2, 0.25) is 0 Å². The lowest BCUT2D eigenvalue weighted by Gasteiger charge is -2.28. The van der Waals surface area contributed by atoms with Gasteiger partial charge in [0.05, 0.1) is 63.7 Å². The fraction of sp³-hybridized carbons (Fsp3) is 0.938. The van der Waals surface area contributed by atoms with E-state index in [0.717, 1.165) is 12.8 Å². The predicted octanol–water partition coefficient (Wildman–Crippen LogP) is -2.65. The SMILES string of the molecule is O=C1CCCCC(OCC(CO)(CO)CO)O1.OCC(CO)(CO)CO. The maximum Gasteiger partial charge on any atom is 0.308 e. The third-order valence-electron chi connectivity index (χ3n) is 4.26. The molecule has 1 aliphatic rings. The topological polar surface area (TPSA) is 177 Å². The van der Waals surface area contributed by atoms with E-state index in [0.29, 0.717) is 12.8 Å². The molecule has 0 radical (unpaired) electrons. The Morgan fingerprint density at radius 1 is 0.808 bits per heavy atom. The van der Waals surface area contributed by atoms with Gasteiger partial charge in [0.2, 0.25) is 6.29 Å². The Morgan fingerprint density at radius 3 is 1.65 bits per heavy atom. The molecule has 1 rings (SSSR count). The van der Waals surface area contributed by atoms with Crippen LogP contribution in [0.25, 0.3) is 0 Å². The van der Waals surface area contributed by atoms with Crippen molar-refractivity contribution in [1.82, 2.24) is 0 Å². The largest absolute Gasteiger partial charge is 0.436 e. The fourth-order valence-electron chi connectivity index (χ4n) is 1.82. The van der Waals surface area contributed by atoms with Gasteiger partial charge in [0.25, 0.3) is 0 Å². The second-order valence-electron chi connectivity index (χ2n) is 6.58. The molecule has 7 N–H and O–H groups in total. The first-order valence-corrected chi connectivity index (χ1v) is 8.47. The van der Waals surface area contributed by atoms with E-state index in [4.69, 9.17) is 45.2 Å². The van der Waals surface area contributed by atoms with E-state index in [1.165, 1.54) is 0 Å². The smallest absolute Gasteiger partial charge is 0.308 e. The second-order valence-corrected chi connectivity index (χ2v) is 6.58. The van der Waals surface area contributed by atoms with Crippen LogP contribution >= 0.6 is 0 Å². The molecule has 26 heavy (non-hydrogen) atoms. The Hall–Kier alpha value is -0.850. The highest BCUT2D eigenvalue weighted by molar-refractivity contribution is 5.69. The minimum Gasteiger partial charge on any atom is -0.436 e. The molecule has 1 fully saturated rings. The number of aliphatic hydroxyl groups is 7. The highest BCUT2D eigenvalue weighted by Gasteiger charge is 2.31. The number of hydrogen-bond acceptors (Lipinski definition) is 10. The van der Waals surface area contributed by atoms with E-state index in [-0.39, 0.29) is 32.4 Å². The summed E-state index contributed by atoms with van der Waals surface area (Å²) in [5.74, 6) is -0.296. The number of rotatable bonds is 10. The Morgan fingerprint density at radius 2 is 1.27 bits per heavy atom. The van der Waals surface area contributed by atoms with Gasteiger partial charge < -0.3 is 45.2 Å². The number of cyclic esters (lactones) is 1. The normalized spacial score (nSPS) is 18.6. The summed E-state index contributed by atoms with van der Waals surface area (Å²) in [7, 11) is 0. The number of hydrogen-bond donors (Lipinski definition) is 7. The van der Waals surface area contributed by atoms with E-state index >= 15 is 0 Å².